The van der Waals surface area contributed by atoms with Gasteiger partial charge in [-0.3, -0.25) is 14.1 Å². The topological polar surface area (TPSA) is 83.5 Å². The third-order valence-corrected chi connectivity index (χ3v) is 5.23. The van der Waals surface area contributed by atoms with E-state index in [0.717, 1.165) is 48.1 Å². The largest absolute Gasteiger partial charge is 0.464 e. The van der Waals surface area contributed by atoms with Crippen LogP contribution in [-0.2, 0) is 9.47 Å². The SMILES string of the molecule is COC(=O)c1cnc2c3cc(-c4cnn(C5CCOCC5)c4)cnc3ccn12. The first-order chi connectivity index (χ1) is 13.7. The van der Waals surface area contributed by atoms with Gasteiger partial charge in [-0.15, -0.1) is 0 Å². The van der Waals surface area contributed by atoms with Gasteiger partial charge < -0.3 is 9.47 Å². The van der Waals surface area contributed by atoms with Crippen molar-refractivity contribution in [1.82, 2.24) is 24.1 Å². The lowest BCUT2D eigenvalue weighted by Crippen LogP contribution is -2.19. The molecule has 1 saturated heterocycles. The van der Waals surface area contributed by atoms with Gasteiger partial charge in [-0.1, -0.05) is 0 Å². The van der Waals surface area contributed by atoms with Crippen LogP contribution in [0.3, 0.4) is 0 Å². The summed E-state index contributed by atoms with van der Waals surface area (Å²) in [5.74, 6) is -0.422. The molecule has 8 nitrogen and oxygen atoms in total. The van der Waals surface area contributed by atoms with Gasteiger partial charge in [0, 0.05) is 48.3 Å². The van der Waals surface area contributed by atoms with E-state index >= 15 is 0 Å². The van der Waals surface area contributed by atoms with Crippen LogP contribution < -0.4 is 0 Å². The molecule has 8 heteroatoms. The minimum Gasteiger partial charge on any atom is -0.464 e. The molecule has 0 unspecified atom stereocenters. The molecule has 0 saturated carbocycles. The van der Waals surface area contributed by atoms with E-state index in [1.807, 2.05) is 29.2 Å². The predicted octanol–water partition coefficient (Wildman–Crippen LogP) is 2.88. The summed E-state index contributed by atoms with van der Waals surface area (Å²) in [6.07, 6.45) is 11.0. The van der Waals surface area contributed by atoms with Gasteiger partial charge >= 0.3 is 5.97 Å². The van der Waals surface area contributed by atoms with E-state index in [0.29, 0.717) is 17.4 Å². The number of imidazole rings is 1. The van der Waals surface area contributed by atoms with Gasteiger partial charge in [-0.25, -0.2) is 9.78 Å². The van der Waals surface area contributed by atoms with Crippen LogP contribution in [-0.4, -0.2) is 50.4 Å². The summed E-state index contributed by atoms with van der Waals surface area (Å²) < 4.78 is 14.0. The number of ether oxygens (including phenoxy) is 2. The van der Waals surface area contributed by atoms with E-state index < -0.39 is 5.97 Å². The summed E-state index contributed by atoms with van der Waals surface area (Å²) >= 11 is 0. The van der Waals surface area contributed by atoms with Crippen molar-refractivity contribution in [1.29, 1.82) is 0 Å². The van der Waals surface area contributed by atoms with Gasteiger partial charge in [-0.05, 0) is 25.0 Å². The number of esters is 1. The second kappa shape index (κ2) is 6.72. The van der Waals surface area contributed by atoms with E-state index in [1.165, 1.54) is 13.3 Å². The van der Waals surface area contributed by atoms with Crippen LogP contribution in [0.2, 0.25) is 0 Å². The fourth-order valence-corrected chi connectivity index (χ4v) is 3.69. The van der Waals surface area contributed by atoms with Crippen LogP contribution in [0.4, 0.5) is 0 Å². The summed E-state index contributed by atoms with van der Waals surface area (Å²) in [4.78, 5) is 20.9. The average molecular weight is 377 g/mol. The Balaban J connectivity index is 1.57. The van der Waals surface area contributed by atoms with Crippen LogP contribution >= 0.6 is 0 Å². The first kappa shape index (κ1) is 16.9. The highest BCUT2D eigenvalue weighted by atomic mass is 16.5. The van der Waals surface area contributed by atoms with Crippen molar-refractivity contribution in [2.75, 3.05) is 20.3 Å². The monoisotopic (exact) mass is 377 g/mol. The molecular weight excluding hydrogens is 358 g/mol. The zero-order valence-corrected chi connectivity index (χ0v) is 15.4. The molecule has 5 rings (SSSR count). The van der Waals surface area contributed by atoms with Crippen molar-refractivity contribution >= 4 is 22.5 Å². The first-order valence-electron chi connectivity index (χ1n) is 9.21. The normalized spacial score (nSPS) is 15.3. The van der Waals surface area contributed by atoms with E-state index in [-0.39, 0.29) is 0 Å². The molecule has 0 aliphatic carbocycles. The van der Waals surface area contributed by atoms with Crippen LogP contribution in [0.1, 0.15) is 29.4 Å². The molecule has 5 heterocycles. The van der Waals surface area contributed by atoms with Crippen molar-refractivity contribution in [3.8, 4) is 11.1 Å². The van der Waals surface area contributed by atoms with Crippen molar-refractivity contribution in [3.05, 3.63) is 48.8 Å². The third-order valence-electron chi connectivity index (χ3n) is 5.23. The number of rotatable bonds is 3. The van der Waals surface area contributed by atoms with Crippen LogP contribution in [0.15, 0.2) is 43.1 Å². The minimum atomic E-state index is -0.422. The van der Waals surface area contributed by atoms with E-state index in [2.05, 4.69) is 21.3 Å². The number of fused-ring (bicyclic) bond motifs is 3. The Labute approximate surface area is 160 Å². The Bertz CT molecular complexity index is 1170. The maximum absolute atomic E-state index is 11.9. The second-order valence-corrected chi connectivity index (χ2v) is 6.85. The molecule has 0 atom stereocenters. The Morgan fingerprint density at radius 1 is 1.18 bits per heavy atom. The molecule has 1 fully saturated rings. The van der Waals surface area contributed by atoms with E-state index in [4.69, 9.17) is 9.47 Å². The molecule has 142 valence electrons. The zero-order chi connectivity index (χ0) is 19.1. The van der Waals surface area contributed by atoms with Gasteiger partial charge in [0.2, 0.25) is 0 Å². The Kier molecular flexibility index (Phi) is 4.05. The fraction of sp³-hybridized carbons (Fsp3) is 0.300. The Morgan fingerprint density at radius 2 is 2.04 bits per heavy atom. The van der Waals surface area contributed by atoms with E-state index in [9.17, 15) is 4.79 Å². The predicted molar refractivity (Wildman–Crippen MR) is 102 cm³/mol. The van der Waals surface area contributed by atoms with Crippen LogP contribution in [0, 0.1) is 0 Å². The molecule has 0 amide bonds. The lowest BCUT2D eigenvalue weighted by Gasteiger charge is -2.22. The number of hydrogen-bond donors (Lipinski definition) is 0. The number of carbonyl (C=O) groups excluding carboxylic acids is 1. The molecule has 0 spiro atoms. The number of carbonyl (C=O) groups is 1. The third kappa shape index (κ3) is 2.73. The van der Waals surface area contributed by atoms with Gasteiger partial charge in [0.05, 0.1) is 31.1 Å². The highest BCUT2D eigenvalue weighted by Gasteiger charge is 2.18. The molecule has 1 aliphatic heterocycles. The van der Waals surface area contributed by atoms with Gasteiger partial charge in [0.25, 0.3) is 0 Å². The number of methoxy groups -OCH3 is 1. The highest BCUT2D eigenvalue weighted by molar-refractivity contribution is 5.97. The van der Waals surface area contributed by atoms with Gasteiger partial charge in [0.15, 0.2) is 5.69 Å². The number of hydrogen-bond acceptors (Lipinski definition) is 6. The summed E-state index contributed by atoms with van der Waals surface area (Å²) in [6, 6.07) is 4.28. The van der Waals surface area contributed by atoms with Crippen molar-refractivity contribution < 1.29 is 14.3 Å². The molecule has 0 bridgehead atoms. The number of nitrogens with zero attached hydrogens (tertiary/aromatic N) is 5. The highest BCUT2D eigenvalue weighted by Crippen LogP contribution is 2.27. The Morgan fingerprint density at radius 3 is 2.86 bits per heavy atom. The quantitative estimate of drug-likeness (QED) is 0.511. The van der Waals surface area contributed by atoms with Crippen LogP contribution in [0.5, 0.6) is 0 Å². The maximum atomic E-state index is 11.9. The summed E-state index contributed by atoms with van der Waals surface area (Å²) in [5, 5.41) is 5.42. The summed E-state index contributed by atoms with van der Waals surface area (Å²) in [7, 11) is 1.36. The molecule has 0 N–H and O–H groups in total. The average Bonchev–Trinajstić information content (AvgIpc) is 3.41. The second-order valence-electron chi connectivity index (χ2n) is 6.85. The molecule has 0 aromatic carbocycles. The molecule has 4 aromatic rings. The molecular formula is C20H19N5O3. The Hall–Kier alpha value is -3.26. The maximum Gasteiger partial charge on any atom is 0.356 e. The number of aromatic nitrogens is 5. The van der Waals surface area contributed by atoms with Crippen molar-refractivity contribution in [2.45, 2.75) is 18.9 Å². The standard InChI is InChI=1S/C20H19N5O3/c1-27-20(26)18-11-22-19-16-8-13(9-21-17(16)2-5-24(18)19)14-10-23-25(12-14)15-3-6-28-7-4-15/h2,5,8-12,15H,3-4,6-7H2,1H3. The first-order valence-corrected chi connectivity index (χ1v) is 9.21. The fourth-order valence-electron chi connectivity index (χ4n) is 3.69. The zero-order valence-electron chi connectivity index (χ0n) is 15.4. The number of pyridine rings is 2. The van der Waals surface area contributed by atoms with Crippen molar-refractivity contribution in [3.63, 3.8) is 0 Å². The summed E-state index contributed by atoms with van der Waals surface area (Å²) in [6.45, 7) is 1.55. The minimum absolute atomic E-state index is 0.373. The smallest absolute Gasteiger partial charge is 0.356 e. The van der Waals surface area contributed by atoms with Gasteiger partial charge in [0.1, 0.15) is 5.65 Å². The lowest BCUT2D eigenvalue weighted by molar-refractivity contribution is 0.0592. The van der Waals surface area contributed by atoms with Crippen molar-refractivity contribution in [2.24, 2.45) is 0 Å². The van der Waals surface area contributed by atoms with Gasteiger partial charge in [-0.2, -0.15) is 5.10 Å². The molecule has 1 aliphatic rings. The molecule has 4 aromatic heterocycles. The molecule has 28 heavy (non-hydrogen) atoms. The van der Waals surface area contributed by atoms with E-state index in [1.54, 1.807) is 10.6 Å². The molecule has 0 radical (unpaired) electrons. The summed E-state index contributed by atoms with van der Waals surface area (Å²) in [5.41, 5.74) is 3.83. The van der Waals surface area contributed by atoms with Crippen LogP contribution in [0.25, 0.3) is 27.7 Å². The lowest BCUT2D eigenvalue weighted by atomic mass is 10.1.